The highest BCUT2D eigenvalue weighted by Gasteiger charge is 2.32. The van der Waals surface area contributed by atoms with Gasteiger partial charge in [-0.1, -0.05) is 0 Å². The number of rotatable bonds is 3. The number of halogens is 4. The molecule has 0 saturated carbocycles. The van der Waals surface area contributed by atoms with E-state index < -0.39 is 17.6 Å². The Labute approximate surface area is 173 Å². The van der Waals surface area contributed by atoms with E-state index in [4.69, 9.17) is 4.74 Å². The third-order valence-corrected chi connectivity index (χ3v) is 5.39. The third kappa shape index (κ3) is 3.16. The molecule has 5 rings (SSSR count). The lowest BCUT2D eigenvalue weighted by Gasteiger charge is -2.27. The minimum Gasteiger partial charge on any atom is -0.492 e. The van der Waals surface area contributed by atoms with Gasteiger partial charge < -0.3 is 14.6 Å². The molecule has 0 saturated heterocycles. The SMILES string of the molecule is COc1c(F)cc(-c2n[nH]c3c2CN(c2ncc(C(F)(F)F)cn2)CC3)c2cc[nH]c12. The average Bonchev–Trinajstić information content (AvgIpc) is 3.39. The second-order valence-electron chi connectivity index (χ2n) is 7.18. The monoisotopic (exact) mass is 432 g/mol. The van der Waals surface area contributed by atoms with Crippen molar-refractivity contribution in [2.24, 2.45) is 0 Å². The minimum absolute atomic E-state index is 0.118. The van der Waals surface area contributed by atoms with Crippen molar-refractivity contribution < 1.29 is 22.3 Å². The number of nitrogens with one attached hydrogen (secondary N) is 2. The number of anilines is 1. The van der Waals surface area contributed by atoms with Crippen LogP contribution in [-0.4, -0.2) is 38.8 Å². The van der Waals surface area contributed by atoms with Gasteiger partial charge in [-0.25, -0.2) is 14.4 Å². The number of nitrogens with zero attached hydrogens (tertiary/aromatic N) is 4. The molecule has 0 bridgehead atoms. The van der Waals surface area contributed by atoms with E-state index >= 15 is 0 Å². The van der Waals surface area contributed by atoms with E-state index in [0.29, 0.717) is 36.3 Å². The lowest BCUT2D eigenvalue weighted by molar-refractivity contribution is -0.138. The summed E-state index contributed by atoms with van der Waals surface area (Å²) < 4.78 is 58.2. The summed E-state index contributed by atoms with van der Waals surface area (Å²) in [7, 11) is 1.40. The first-order valence-electron chi connectivity index (χ1n) is 9.41. The van der Waals surface area contributed by atoms with Gasteiger partial charge in [-0.2, -0.15) is 18.3 Å². The molecule has 0 unspecified atom stereocenters. The van der Waals surface area contributed by atoms with Gasteiger partial charge in [-0.15, -0.1) is 0 Å². The van der Waals surface area contributed by atoms with Crippen molar-refractivity contribution >= 4 is 16.9 Å². The Balaban J connectivity index is 1.53. The fourth-order valence-corrected chi connectivity index (χ4v) is 3.89. The quantitative estimate of drug-likeness (QED) is 0.477. The smallest absolute Gasteiger partial charge is 0.419 e. The van der Waals surface area contributed by atoms with Crippen molar-refractivity contribution in [1.29, 1.82) is 0 Å². The first kappa shape index (κ1) is 19.3. The van der Waals surface area contributed by atoms with E-state index in [0.717, 1.165) is 29.0 Å². The number of aromatic nitrogens is 5. The molecule has 2 N–H and O–H groups in total. The van der Waals surface area contributed by atoms with Crippen LogP contribution in [0.2, 0.25) is 0 Å². The van der Waals surface area contributed by atoms with Gasteiger partial charge >= 0.3 is 6.18 Å². The summed E-state index contributed by atoms with van der Waals surface area (Å²) in [6.45, 7) is 0.836. The number of ether oxygens (including phenoxy) is 1. The molecule has 0 spiro atoms. The van der Waals surface area contributed by atoms with Crippen LogP contribution in [0.1, 0.15) is 16.8 Å². The van der Waals surface area contributed by atoms with Crippen LogP contribution < -0.4 is 9.64 Å². The van der Waals surface area contributed by atoms with Crippen LogP contribution in [-0.2, 0) is 19.1 Å². The van der Waals surface area contributed by atoms with Crippen LogP contribution in [0.15, 0.2) is 30.7 Å². The number of fused-ring (bicyclic) bond motifs is 2. The predicted molar refractivity (Wildman–Crippen MR) is 104 cm³/mol. The van der Waals surface area contributed by atoms with E-state index in [2.05, 4.69) is 25.1 Å². The Kier molecular flexibility index (Phi) is 4.34. The summed E-state index contributed by atoms with van der Waals surface area (Å²) in [6.07, 6.45) is -0.683. The zero-order valence-corrected chi connectivity index (χ0v) is 16.2. The zero-order valence-electron chi connectivity index (χ0n) is 16.2. The second kappa shape index (κ2) is 6.96. The average molecular weight is 432 g/mol. The highest BCUT2D eigenvalue weighted by molar-refractivity contribution is 5.98. The Hall–Kier alpha value is -3.63. The number of hydrogen-bond donors (Lipinski definition) is 2. The Morgan fingerprint density at radius 2 is 1.97 bits per heavy atom. The fourth-order valence-electron chi connectivity index (χ4n) is 3.89. The number of benzene rings is 1. The van der Waals surface area contributed by atoms with Crippen LogP contribution >= 0.6 is 0 Å². The molecule has 1 aliphatic rings. The van der Waals surface area contributed by atoms with Crippen LogP contribution in [0.5, 0.6) is 5.75 Å². The predicted octanol–water partition coefficient (Wildman–Crippen LogP) is 4.08. The summed E-state index contributed by atoms with van der Waals surface area (Å²) in [6, 6.07) is 3.19. The van der Waals surface area contributed by atoms with Crippen LogP contribution in [0, 0.1) is 5.82 Å². The lowest BCUT2D eigenvalue weighted by atomic mass is 9.98. The summed E-state index contributed by atoms with van der Waals surface area (Å²) in [5.41, 5.74) is 2.48. The van der Waals surface area contributed by atoms with E-state index in [1.165, 1.54) is 13.2 Å². The molecule has 0 fully saturated rings. The van der Waals surface area contributed by atoms with Crippen molar-refractivity contribution in [1.82, 2.24) is 25.1 Å². The highest BCUT2D eigenvalue weighted by Crippen LogP contribution is 2.38. The molecule has 0 radical (unpaired) electrons. The number of hydrogen-bond acceptors (Lipinski definition) is 5. The standard InChI is InChI=1S/C20H16F4N6O/c1-31-18-14(21)6-12(11-2-4-25-17(11)18)16-13-9-30(5-3-15(13)28-29-16)19-26-7-10(8-27-19)20(22,23)24/h2,4,6-8,25H,3,5,9H2,1H3,(H,28,29). The van der Waals surface area contributed by atoms with Gasteiger partial charge in [-0.05, 0) is 12.1 Å². The Morgan fingerprint density at radius 3 is 2.68 bits per heavy atom. The molecule has 4 aromatic rings. The van der Waals surface area contributed by atoms with Gasteiger partial charge in [0, 0.05) is 60.3 Å². The molecule has 11 heteroatoms. The van der Waals surface area contributed by atoms with Crippen molar-refractivity contribution in [3.8, 4) is 17.0 Å². The molecule has 1 aromatic carbocycles. The first-order chi connectivity index (χ1) is 14.9. The molecule has 0 aliphatic carbocycles. The fraction of sp³-hybridized carbons (Fsp3) is 0.250. The number of H-pyrrole nitrogens is 2. The molecular weight excluding hydrogens is 416 g/mol. The molecule has 4 heterocycles. The summed E-state index contributed by atoms with van der Waals surface area (Å²) in [4.78, 5) is 12.5. The van der Waals surface area contributed by atoms with Gasteiger partial charge in [0.2, 0.25) is 5.95 Å². The molecular formula is C20H16F4N6O. The van der Waals surface area contributed by atoms with Crippen molar-refractivity contribution in [3.63, 3.8) is 0 Å². The summed E-state index contributed by atoms with van der Waals surface area (Å²) in [5, 5.41) is 8.15. The van der Waals surface area contributed by atoms with Crippen LogP contribution in [0.25, 0.3) is 22.2 Å². The molecule has 3 aromatic heterocycles. The van der Waals surface area contributed by atoms with Crippen LogP contribution in [0.3, 0.4) is 0 Å². The van der Waals surface area contributed by atoms with Gasteiger partial charge in [0.05, 0.1) is 23.9 Å². The van der Waals surface area contributed by atoms with Crippen molar-refractivity contribution in [2.45, 2.75) is 19.1 Å². The maximum Gasteiger partial charge on any atom is 0.419 e. The number of alkyl halides is 3. The highest BCUT2D eigenvalue weighted by atomic mass is 19.4. The zero-order chi connectivity index (χ0) is 21.8. The summed E-state index contributed by atoms with van der Waals surface area (Å²) >= 11 is 0. The van der Waals surface area contributed by atoms with Gasteiger partial charge in [0.15, 0.2) is 11.6 Å². The van der Waals surface area contributed by atoms with Crippen molar-refractivity contribution in [3.05, 3.63) is 53.4 Å². The molecule has 0 amide bonds. The van der Waals surface area contributed by atoms with E-state index in [9.17, 15) is 17.6 Å². The molecule has 0 atom stereocenters. The number of methoxy groups -OCH3 is 1. The molecule has 1 aliphatic heterocycles. The second-order valence-corrected chi connectivity index (χ2v) is 7.18. The Morgan fingerprint density at radius 1 is 1.19 bits per heavy atom. The topological polar surface area (TPSA) is 82.7 Å². The summed E-state index contributed by atoms with van der Waals surface area (Å²) in [5.74, 6) is -0.214. The molecule has 7 nitrogen and oxygen atoms in total. The number of aromatic amines is 2. The minimum atomic E-state index is -4.49. The van der Waals surface area contributed by atoms with E-state index in [-0.39, 0.29) is 11.7 Å². The van der Waals surface area contributed by atoms with E-state index in [1.54, 1.807) is 11.1 Å². The maximum atomic E-state index is 14.7. The lowest BCUT2D eigenvalue weighted by Crippen LogP contribution is -2.31. The van der Waals surface area contributed by atoms with Gasteiger partial charge in [-0.3, -0.25) is 5.10 Å². The normalized spacial score (nSPS) is 14.2. The van der Waals surface area contributed by atoms with Crippen LogP contribution in [0.4, 0.5) is 23.5 Å². The third-order valence-electron chi connectivity index (χ3n) is 5.39. The Bertz CT molecular complexity index is 1260. The van der Waals surface area contributed by atoms with Crippen molar-refractivity contribution in [2.75, 3.05) is 18.6 Å². The van der Waals surface area contributed by atoms with E-state index in [1.807, 2.05) is 6.07 Å². The van der Waals surface area contributed by atoms with Gasteiger partial charge in [0.25, 0.3) is 0 Å². The first-order valence-corrected chi connectivity index (χ1v) is 9.41. The largest absolute Gasteiger partial charge is 0.492 e. The molecule has 31 heavy (non-hydrogen) atoms. The molecule has 160 valence electrons. The maximum absolute atomic E-state index is 14.7. The van der Waals surface area contributed by atoms with Gasteiger partial charge in [0.1, 0.15) is 0 Å².